The third kappa shape index (κ3) is 1.89. The van der Waals surface area contributed by atoms with Crippen LogP contribution in [0.5, 0.6) is 0 Å². The molecule has 2 rings (SSSR count). The predicted octanol–water partition coefficient (Wildman–Crippen LogP) is 2.02. The minimum atomic E-state index is 0.218. The van der Waals surface area contributed by atoms with Crippen LogP contribution in [0.4, 0.5) is 0 Å². The molecule has 0 amide bonds. The molecule has 1 atom stereocenters. The van der Waals surface area contributed by atoms with Crippen molar-refractivity contribution in [2.45, 2.75) is 19.4 Å². The number of aryl methyl sites for hydroxylation is 1. The first kappa shape index (κ1) is 8.30. The summed E-state index contributed by atoms with van der Waals surface area (Å²) < 4.78 is 2.15. The number of nitrogens with zero attached hydrogens (tertiary/aromatic N) is 1. The molecule has 1 aromatic heterocycles. The van der Waals surface area contributed by atoms with Gasteiger partial charge in [0.25, 0.3) is 0 Å². The van der Waals surface area contributed by atoms with E-state index in [-0.39, 0.29) is 5.92 Å². The van der Waals surface area contributed by atoms with Crippen molar-refractivity contribution in [1.29, 1.82) is 0 Å². The van der Waals surface area contributed by atoms with Crippen LogP contribution in [0.15, 0.2) is 36.7 Å². The zero-order valence-corrected chi connectivity index (χ0v) is 7.52. The van der Waals surface area contributed by atoms with Gasteiger partial charge in [-0.1, -0.05) is 6.08 Å². The minimum Gasteiger partial charge on any atom is -0.354 e. The van der Waals surface area contributed by atoms with Crippen molar-refractivity contribution < 1.29 is 4.79 Å². The molecule has 0 saturated heterocycles. The van der Waals surface area contributed by atoms with E-state index in [4.69, 9.17) is 0 Å². The first-order chi connectivity index (χ1) is 6.36. The summed E-state index contributed by atoms with van der Waals surface area (Å²) in [5, 5.41) is 0. The van der Waals surface area contributed by atoms with Crippen LogP contribution in [0.1, 0.15) is 12.8 Å². The quantitative estimate of drug-likeness (QED) is 0.686. The summed E-state index contributed by atoms with van der Waals surface area (Å²) in [6, 6.07) is 4.04. The van der Waals surface area contributed by atoms with Gasteiger partial charge in [-0.15, -0.1) is 0 Å². The fourth-order valence-electron chi connectivity index (χ4n) is 1.56. The molecule has 2 heteroatoms. The number of aromatic nitrogens is 1. The molecule has 0 N–H and O–H groups in total. The molecule has 1 aromatic rings. The maximum absolute atomic E-state index is 10.9. The van der Waals surface area contributed by atoms with Gasteiger partial charge in [-0.3, -0.25) is 4.79 Å². The van der Waals surface area contributed by atoms with Crippen LogP contribution >= 0.6 is 0 Å². The summed E-state index contributed by atoms with van der Waals surface area (Å²) in [6.45, 7) is 1.02. The molecule has 0 fully saturated rings. The smallest absolute Gasteiger partial charge is 0.162 e. The molecule has 13 heavy (non-hydrogen) atoms. The monoisotopic (exact) mass is 175 g/mol. The van der Waals surface area contributed by atoms with Crippen molar-refractivity contribution in [1.82, 2.24) is 4.57 Å². The second-order valence-corrected chi connectivity index (χ2v) is 3.43. The van der Waals surface area contributed by atoms with Gasteiger partial charge in [0.15, 0.2) is 5.78 Å². The summed E-state index contributed by atoms with van der Waals surface area (Å²) in [5.74, 6) is 0.517. The Morgan fingerprint density at radius 2 is 2.08 bits per heavy atom. The number of carbonyl (C=O) groups excluding carboxylic acids is 1. The van der Waals surface area contributed by atoms with Gasteiger partial charge in [0, 0.05) is 24.9 Å². The highest BCUT2D eigenvalue weighted by molar-refractivity contribution is 5.99. The average Bonchev–Trinajstić information content (AvgIpc) is 2.62. The van der Waals surface area contributed by atoms with Crippen molar-refractivity contribution in [2.75, 3.05) is 0 Å². The molecule has 1 aliphatic carbocycles. The normalized spacial score (nSPS) is 20.3. The van der Waals surface area contributed by atoms with Crippen molar-refractivity contribution >= 4 is 5.78 Å². The first-order valence-electron chi connectivity index (χ1n) is 4.69. The Balaban J connectivity index is 1.70. The van der Waals surface area contributed by atoms with E-state index in [9.17, 15) is 4.79 Å². The Morgan fingerprint density at radius 3 is 2.62 bits per heavy atom. The average molecular weight is 175 g/mol. The Kier molecular flexibility index (Phi) is 2.30. The Hall–Kier alpha value is -1.31. The van der Waals surface area contributed by atoms with E-state index in [0.29, 0.717) is 5.78 Å². The molecule has 1 unspecified atom stereocenters. The Morgan fingerprint density at radius 1 is 1.31 bits per heavy atom. The van der Waals surface area contributed by atoms with Crippen molar-refractivity contribution in [3.8, 4) is 0 Å². The molecule has 0 radical (unpaired) electrons. The van der Waals surface area contributed by atoms with Gasteiger partial charge < -0.3 is 4.57 Å². The van der Waals surface area contributed by atoms with Crippen molar-refractivity contribution in [2.24, 2.45) is 5.92 Å². The van der Waals surface area contributed by atoms with Crippen LogP contribution < -0.4 is 0 Å². The SMILES string of the molecule is O=C1C=CC1CCCn1cccc1. The van der Waals surface area contributed by atoms with E-state index in [1.54, 1.807) is 6.08 Å². The highest BCUT2D eigenvalue weighted by Crippen LogP contribution is 2.18. The fraction of sp³-hybridized carbons (Fsp3) is 0.364. The number of rotatable bonds is 4. The summed E-state index contributed by atoms with van der Waals surface area (Å²) in [6.07, 6.45) is 9.85. The van der Waals surface area contributed by atoms with Gasteiger partial charge in [0.05, 0.1) is 0 Å². The lowest BCUT2D eigenvalue weighted by atomic mass is 9.89. The van der Waals surface area contributed by atoms with E-state index in [1.165, 1.54) is 0 Å². The molecule has 1 aliphatic rings. The largest absolute Gasteiger partial charge is 0.354 e. The molecule has 0 spiro atoms. The molecular weight excluding hydrogens is 162 g/mol. The van der Waals surface area contributed by atoms with Crippen LogP contribution in [0, 0.1) is 5.92 Å². The van der Waals surface area contributed by atoms with Crippen molar-refractivity contribution in [3.05, 3.63) is 36.7 Å². The molecule has 0 saturated carbocycles. The summed E-state index contributed by atoms with van der Waals surface area (Å²) >= 11 is 0. The summed E-state index contributed by atoms with van der Waals surface area (Å²) in [7, 11) is 0. The van der Waals surface area contributed by atoms with Gasteiger partial charge in [0.2, 0.25) is 0 Å². The van der Waals surface area contributed by atoms with E-state index in [0.717, 1.165) is 19.4 Å². The van der Waals surface area contributed by atoms with Crippen LogP contribution in [-0.2, 0) is 11.3 Å². The number of ketones is 1. The van der Waals surface area contributed by atoms with Crippen LogP contribution in [0.2, 0.25) is 0 Å². The molecule has 0 aliphatic heterocycles. The standard InChI is InChI=1S/C11H13NO/c13-11-6-5-10(11)4-3-9-12-7-1-2-8-12/h1-2,5-8,10H,3-4,9H2. The maximum atomic E-state index is 10.9. The predicted molar refractivity (Wildman–Crippen MR) is 51.3 cm³/mol. The lowest BCUT2D eigenvalue weighted by Crippen LogP contribution is -2.18. The first-order valence-corrected chi connectivity index (χ1v) is 4.69. The highest BCUT2D eigenvalue weighted by atomic mass is 16.1. The van der Waals surface area contributed by atoms with Crippen molar-refractivity contribution in [3.63, 3.8) is 0 Å². The molecule has 68 valence electrons. The maximum Gasteiger partial charge on any atom is 0.162 e. The third-order valence-electron chi connectivity index (χ3n) is 2.46. The Labute approximate surface area is 77.9 Å². The topological polar surface area (TPSA) is 22.0 Å². The molecule has 0 aromatic carbocycles. The van der Waals surface area contributed by atoms with E-state index >= 15 is 0 Å². The van der Waals surface area contributed by atoms with E-state index in [1.807, 2.05) is 18.2 Å². The molecule has 0 bridgehead atoms. The van der Waals surface area contributed by atoms with Gasteiger partial charge in [0.1, 0.15) is 0 Å². The summed E-state index contributed by atoms with van der Waals surface area (Å²) in [5.41, 5.74) is 0. The Bertz CT molecular complexity index is 311. The van der Waals surface area contributed by atoms with E-state index in [2.05, 4.69) is 17.0 Å². The third-order valence-corrected chi connectivity index (χ3v) is 2.46. The zero-order chi connectivity index (χ0) is 9.10. The van der Waals surface area contributed by atoms with Crippen LogP contribution in [0.25, 0.3) is 0 Å². The molecule has 2 nitrogen and oxygen atoms in total. The lowest BCUT2D eigenvalue weighted by molar-refractivity contribution is -0.118. The zero-order valence-electron chi connectivity index (χ0n) is 7.52. The number of carbonyl (C=O) groups is 1. The number of hydrogen-bond donors (Lipinski definition) is 0. The second kappa shape index (κ2) is 3.60. The molecular formula is C11H13NO. The summed E-state index contributed by atoms with van der Waals surface area (Å²) in [4.78, 5) is 10.9. The number of allylic oxidation sites excluding steroid dienone is 2. The van der Waals surface area contributed by atoms with Crippen LogP contribution in [0.3, 0.4) is 0 Å². The van der Waals surface area contributed by atoms with E-state index < -0.39 is 0 Å². The second-order valence-electron chi connectivity index (χ2n) is 3.43. The highest BCUT2D eigenvalue weighted by Gasteiger charge is 2.19. The fourth-order valence-corrected chi connectivity index (χ4v) is 1.56. The minimum absolute atomic E-state index is 0.218. The molecule has 1 heterocycles. The van der Waals surface area contributed by atoms with Gasteiger partial charge >= 0.3 is 0 Å². The van der Waals surface area contributed by atoms with Gasteiger partial charge in [-0.25, -0.2) is 0 Å². The number of hydrogen-bond acceptors (Lipinski definition) is 1. The lowest BCUT2D eigenvalue weighted by Gasteiger charge is -2.15. The van der Waals surface area contributed by atoms with Gasteiger partial charge in [-0.2, -0.15) is 0 Å². The van der Waals surface area contributed by atoms with Crippen LogP contribution in [-0.4, -0.2) is 10.4 Å². The van der Waals surface area contributed by atoms with Gasteiger partial charge in [-0.05, 0) is 31.1 Å².